The molecule has 2 rings (SSSR count). The Bertz CT molecular complexity index is 575. The molecule has 0 fully saturated rings. The molecule has 1 nitrogen and oxygen atoms in total. The molecule has 0 saturated heterocycles. The lowest BCUT2D eigenvalue weighted by molar-refractivity contribution is 0.0994. The smallest absolute Gasteiger partial charge is 0.175 e. The average molecular weight is 270 g/mol. The molecule has 19 heavy (non-hydrogen) atoms. The van der Waals surface area contributed by atoms with E-state index >= 15 is 0 Å². The lowest BCUT2D eigenvalue weighted by Crippen LogP contribution is -2.13. The van der Waals surface area contributed by atoms with Crippen LogP contribution in [0.25, 0.3) is 0 Å². The summed E-state index contributed by atoms with van der Waals surface area (Å²) < 4.78 is 0. The monoisotopic (exact) mass is 270 g/mol. The topological polar surface area (TPSA) is 17.1 Å². The largest absolute Gasteiger partial charge is 0.293 e. The van der Waals surface area contributed by atoms with Crippen molar-refractivity contribution in [3.8, 4) is 0 Å². The first-order chi connectivity index (χ1) is 9.08. The molecule has 0 aliphatic heterocycles. The first kappa shape index (κ1) is 13.9. The first-order valence-electron chi connectivity index (χ1n) is 6.41. The summed E-state index contributed by atoms with van der Waals surface area (Å²) in [6.45, 7) is 6.15. The number of hydrogen-bond acceptors (Lipinski definition) is 2. The first-order valence-corrected chi connectivity index (χ1v) is 7.29. The van der Waals surface area contributed by atoms with Crippen molar-refractivity contribution in [1.29, 1.82) is 0 Å². The summed E-state index contributed by atoms with van der Waals surface area (Å²) in [6, 6.07) is 15.8. The molecule has 0 spiro atoms. The molecule has 0 bridgehead atoms. The van der Waals surface area contributed by atoms with Crippen LogP contribution in [0.3, 0.4) is 0 Å². The lowest BCUT2D eigenvalue weighted by atomic mass is 10.1. The molecule has 0 aliphatic rings. The molecule has 0 heterocycles. The van der Waals surface area contributed by atoms with Crippen molar-refractivity contribution >= 4 is 17.5 Å². The maximum absolute atomic E-state index is 12.3. The van der Waals surface area contributed by atoms with E-state index in [0.29, 0.717) is 0 Å². The minimum absolute atomic E-state index is 0.0659. The zero-order valence-electron chi connectivity index (χ0n) is 11.5. The second-order valence-corrected chi connectivity index (χ2v) is 6.14. The summed E-state index contributed by atoms with van der Waals surface area (Å²) in [5.74, 6) is 0.186. The van der Waals surface area contributed by atoms with Crippen LogP contribution in [0.4, 0.5) is 0 Å². The summed E-state index contributed by atoms with van der Waals surface area (Å²) in [5, 5.41) is -0.0659. The van der Waals surface area contributed by atoms with Crippen LogP contribution in [0.1, 0.15) is 28.4 Å². The Labute approximate surface area is 119 Å². The molecule has 2 heteroatoms. The number of Topliss-reactive ketones (excluding diaryl/α,β-unsaturated/α-hetero) is 1. The van der Waals surface area contributed by atoms with Gasteiger partial charge in [0.25, 0.3) is 0 Å². The van der Waals surface area contributed by atoms with Crippen LogP contribution >= 0.6 is 11.8 Å². The fraction of sp³-hybridized carbons (Fsp3) is 0.235. The zero-order chi connectivity index (χ0) is 13.8. The average Bonchev–Trinajstić information content (AvgIpc) is 2.42. The van der Waals surface area contributed by atoms with Gasteiger partial charge in [-0.3, -0.25) is 4.79 Å². The lowest BCUT2D eigenvalue weighted by Gasteiger charge is -2.12. The number of aryl methyl sites for hydroxylation is 2. The molecule has 0 radical (unpaired) electrons. The predicted molar refractivity (Wildman–Crippen MR) is 82.0 cm³/mol. The van der Waals surface area contributed by atoms with Crippen LogP contribution < -0.4 is 0 Å². The number of thioether (sulfide) groups is 1. The highest BCUT2D eigenvalue weighted by Gasteiger charge is 2.16. The van der Waals surface area contributed by atoms with Crippen LogP contribution in [0.15, 0.2) is 53.4 Å². The summed E-state index contributed by atoms with van der Waals surface area (Å²) in [4.78, 5) is 13.5. The van der Waals surface area contributed by atoms with Gasteiger partial charge in [0.1, 0.15) is 0 Å². The Morgan fingerprint density at radius 2 is 1.74 bits per heavy atom. The van der Waals surface area contributed by atoms with Gasteiger partial charge in [0, 0.05) is 10.5 Å². The molecule has 0 N–H and O–H groups in total. The van der Waals surface area contributed by atoms with E-state index in [0.717, 1.165) is 5.56 Å². The highest BCUT2D eigenvalue weighted by molar-refractivity contribution is 8.00. The SMILES string of the molecule is Cc1ccc(SC(C)C(=O)c2ccccc2)c(C)c1. The molecule has 1 atom stereocenters. The number of benzene rings is 2. The Hall–Kier alpha value is -1.54. The van der Waals surface area contributed by atoms with Gasteiger partial charge >= 0.3 is 0 Å². The molecule has 0 amide bonds. The van der Waals surface area contributed by atoms with Gasteiger partial charge in [0.15, 0.2) is 5.78 Å². The highest BCUT2D eigenvalue weighted by atomic mass is 32.2. The van der Waals surface area contributed by atoms with Crippen LogP contribution in [0.5, 0.6) is 0 Å². The molecule has 1 unspecified atom stereocenters. The summed E-state index contributed by atoms with van der Waals surface area (Å²) >= 11 is 1.63. The van der Waals surface area contributed by atoms with E-state index < -0.39 is 0 Å². The third kappa shape index (κ3) is 3.48. The van der Waals surface area contributed by atoms with Crippen molar-refractivity contribution in [2.75, 3.05) is 0 Å². The third-order valence-electron chi connectivity index (χ3n) is 3.06. The van der Waals surface area contributed by atoms with E-state index in [4.69, 9.17) is 0 Å². The van der Waals surface area contributed by atoms with Gasteiger partial charge in [0.2, 0.25) is 0 Å². The molecular weight excluding hydrogens is 252 g/mol. The highest BCUT2D eigenvalue weighted by Crippen LogP contribution is 2.28. The maximum atomic E-state index is 12.3. The molecule has 2 aromatic rings. The summed E-state index contributed by atoms with van der Waals surface area (Å²) in [5.41, 5.74) is 3.27. The Morgan fingerprint density at radius 3 is 2.37 bits per heavy atom. The standard InChI is InChI=1S/C17H18OS/c1-12-9-10-16(13(2)11-12)19-14(3)17(18)15-7-5-4-6-8-15/h4-11,14H,1-3H3. The van der Waals surface area contributed by atoms with Crippen molar-refractivity contribution in [2.45, 2.75) is 30.9 Å². The molecule has 0 saturated carbocycles. The van der Waals surface area contributed by atoms with E-state index in [9.17, 15) is 4.79 Å². The molecular formula is C17H18OS. The van der Waals surface area contributed by atoms with Crippen molar-refractivity contribution in [3.63, 3.8) is 0 Å². The number of carbonyl (C=O) groups excluding carboxylic acids is 1. The number of rotatable bonds is 4. The Kier molecular flexibility index (Phi) is 4.43. The summed E-state index contributed by atoms with van der Waals surface area (Å²) in [6.07, 6.45) is 0. The minimum atomic E-state index is -0.0659. The van der Waals surface area contributed by atoms with E-state index in [1.807, 2.05) is 37.3 Å². The predicted octanol–water partition coefficient (Wildman–Crippen LogP) is 4.67. The van der Waals surface area contributed by atoms with Crippen molar-refractivity contribution in [1.82, 2.24) is 0 Å². The molecule has 98 valence electrons. The van der Waals surface area contributed by atoms with Crippen molar-refractivity contribution in [2.24, 2.45) is 0 Å². The van der Waals surface area contributed by atoms with Gasteiger partial charge in [-0.1, -0.05) is 48.0 Å². The number of hydrogen-bond donors (Lipinski definition) is 0. The molecule has 0 aliphatic carbocycles. The van der Waals surface area contributed by atoms with Gasteiger partial charge in [0.05, 0.1) is 5.25 Å². The van der Waals surface area contributed by atoms with E-state index in [1.54, 1.807) is 11.8 Å². The fourth-order valence-corrected chi connectivity index (χ4v) is 3.03. The summed E-state index contributed by atoms with van der Waals surface area (Å²) in [7, 11) is 0. The normalized spacial score (nSPS) is 12.2. The minimum Gasteiger partial charge on any atom is -0.293 e. The molecule has 2 aromatic carbocycles. The van der Waals surface area contributed by atoms with Gasteiger partial charge in [-0.2, -0.15) is 0 Å². The quantitative estimate of drug-likeness (QED) is 0.593. The third-order valence-corrected chi connectivity index (χ3v) is 4.34. The van der Waals surface area contributed by atoms with E-state index in [-0.39, 0.29) is 11.0 Å². The van der Waals surface area contributed by atoms with Gasteiger partial charge in [-0.15, -0.1) is 11.8 Å². The second kappa shape index (κ2) is 6.07. The van der Waals surface area contributed by atoms with Crippen molar-refractivity contribution < 1.29 is 4.79 Å². The van der Waals surface area contributed by atoms with Crippen LogP contribution in [-0.2, 0) is 0 Å². The van der Waals surface area contributed by atoms with E-state index in [1.165, 1.54) is 16.0 Å². The van der Waals surface area contributed by atoms with Crippen LogP contribution in [0.2, 0.25) is 0 Å². The number of carbonyl (C=O) groups is 1. The Balaban J connectivity index is 2.13. The van der Waals surface area contributed by atoms with Gasteiger partial charge < -0.3 is 0 Å². The number of ketones is 1. The fourth-order valence-electron chi connectivity index (χ4n) is 2.01. The zero-order valence-corrected chi connectivity index (χ0v) is 12.3. The van der Waals surface area contributed by atoms with Crippen LogP contribution in [-0.4, -0.2) is 11.0 Å². The van der Waals surface area contributed by atoms with Crippen molar-refractivity contribution in [3.05, 3.63) is 65.2 Å². The van der Waals surface area contributed by atoms with E-state index in [2.05, 4.69) is 32.0 Å². The van der Waals surface area contributed by atoms with Gasteiger partial charge in [-0.25, -0.2) is 0 Å². The van der Waals surface area contributed by atoms with Gasteiger partial charge in [-0.05, 0) is 32.4 Å². The maximum Gasteiger partial charge on any atom is 0.175 e. The second-order valence-electron chi connectivity index (χ2n) is 4.76. The Morgan fingerprint density at radius 1 is 1.05 bits per heavy atom. The molecule has 0 aromatic heterocycles. The van der Waals surface area contributed by atoms with Crippen LogP contribution in [0, 0.1) is 13.8 Å².